The number of nitrogen functional groups attached to an aromatic ring is 1. The topological polar surface area (TPSA) is 124 Å². The van der Waals surface area contributed by atoms with E-state index in [1.807, 2.05) is 0 Å². The van der Waals surface area contributed by atoms with Gasteiger partial charge in [-0.05, 0) is 36.4 Å². The van der Waals surface area contributed by atoms with Gasteiger partial charge in [0, 0.05) is 10.7 Å². The van der Waals surface area contributed by atoms with Crippen molar-refractivity contribution < 1.29 is 18.7 Å². The molecule has 3 aromatic rings. The van der Waals surface area contributed by atoms with Gasteiger partial charge in [0.15, 0.2) is 11.5 Å². The number of anilines is 3. The van der Waals surface area contributed by atoms with Gasteiger partial charge >= 0.3 is 0 Å². The van der Waals surface area contributed by atoms with Crippen molar-refractivity contribution in [1.82, 2.24) is 15.0 Å². The van der Waals surface area contributed by atoms with E-state index < -0.39 is 17.6 Å². The van der Waals surface area contributed by atoms with Gasteiger partial charge in [0.05, 0.1) is 12.8 Å². The van der Waals surface area contributed by atoms with Gasteiger partial charge in [-0.25, -0.2) is 9.07 Å². The molecule has 0 spiro atoms. The number of methoxy groups -OCH3 is 1. The Labute approximate surface area is 169 Å². The predicted octanol–water partition coefficient (Wildman–Crippen LogP) is 2.55. The fraction of sp³-hybridized carbons (Fsp3) is 0.111. The van der Waals surface area contributed by atoms with Crippen molar-refractivity contribution in [3.63, 3.8) is 0 Å². The lowest BCUT2D eigenvalue weighted by Crippen LogP contribution is -2.21. The van der Waals surface area contributed by atoms with Crippen LogP contribution in [0, 0.1) is 5.82 Å². The molecule has 4 N–H and O–H groups in total. The summed E-state index contributed by atoms with van der Waals surface area (Å²) in [6, 6.07) is 10.1. The highest BCUT2D eigenvalue weighted by molar-refractivity contribution is 6.31. The first-order valence-corrected chi connectivity index (χ1v) is 8.64. The van der Waals surface area contributed by atoms with Crippen LogP contribution in [-0.2, 0) is 11.3 Å². The molecular formula is C18H16ClFN6O3. The van der Waals surface area contributed by atoms with Gasteiger partial charge in [-0.2, -0.15) is 0 Å². The Balaban J connectivity index is 1.71. The highest BCUT2D eigenvalue weighted by Gasteiger charge is 2.20. The minimum atomic E-state index is -0.653. The Morgan fingerprint density at radius 1 is 1.24 bits per heavy atom. The minimum absolute atomic E-state index is 0.113. The molecule has 0 aliphatic carbocycles. The van der Waals surface area contributed by atoms with Gasteiger partial charge in [0.25, 0.3) is 5.91 Å². The molecule has 0 fully saturated rings. The Morgan fingerprint density at radius 2 is 2.03 bits per heavy atom. The first kappa shape index (κ1) is 20.1. The Morgan fingerprint density at radius 3 is 2.76 bits per heavy atom. The van der Waals surface area contributed by atoms with Crippen molar-refractivity contribution in [2.45, 2.75) is 6.54 Å². The second kappa shape index (κ2) is 8.57. The lowest BCUT2D eigenvalue weighted by molar-refractivity contribution is -0.116. The molecule has 2 aromatic carbocycles. The number of carbonyl (C=O) groups is 2. The van der Waals surface area contributed by atoms with E-state index in [-0.39, 0.29) is 23.7 Å². The van der Waals surface area contributed by atoms with E-state index in [0.29, 0.717) is 16.5 Å². The first-order chi connectivity index (χ1) is 13.9. The minimum Gasteiger partial charge on any atom is -0.495 e. The average molecular weight is 419 g/mol. The fourth-order valence-electron chi connectivity index (χ4n) is 2.46. The zero-order valence-electron chi connectivity index (χ0n) is 15.1. The summed E-state index contributed by atoms with van der Waals surface area (Å²) in [4.78, 5) is 24.6. The number of rotatable bonds is 6. The maximum Gasteiger partial charge on any atom is 0.280 e. The predicted molar refractivity (Wildman–Crippen MR) is 105 cm³/mol. The molecule has 0 aliphatic rings. The van der Waals surface area contributed by atoms with Crippen LogP contribution in [0.5, 0.6) is 5.75 Å². The smallest absolute Gasteiger partial charge is 0.280 e. The first-order valence-electron chi connectivity index (χ1n) is 8.26. The third-order valence-corrected chi connectivity index (χ3v) is 4.04. The highest BCUT2D eigenvalue weighted by atomic mass is 35.5. The van der Waals surface area contributed by atoms with Crippen LogP contribution >= 0.6 is 11.6 Å². The van der Waals surface area contributed by atoms with Crippen LogP contribution in [0.4, 0.5) is 21.6 Å². The molecule has 1 heterocycles. The summed E-state index contributed by atoms with van der Waals surface area (Å²) >= 11 is 5.94. The normalized spacial score (nSPS) is 10.4. The summed E-state index contributed by atoms with van der Waals surface area (Å²) in [5, 5.41) is 12.9. The van der Waals surface area contributed by atoms with Crippen LogP contribution in [0.25, 0.3) is 0 Å². The molecule has 0 aliphatic heterocycles. The summed E-state index contributed by atoms with van der Waals surface area (Å²) in [6.07, 6.45) is 0. The molecule has 0 radical (unpaired) electrons. The number of amides is 2. The summed E-state index contributed by atoms with van der Waals surface area (Å²) < 4.78 is 19.4. The van der Waals surface area contributed by atoms with E-state index in [1.54, 1.807) is 12.1 Å². The van der Waals surface area contributed by atoms with Crippen LogP contribution in [0.2, 0.25) is 5.02 Å². The van der Waals surface area contributed by atoms with E-state index >= 15 is 0 Å². The van der Waals surface area contributed by atoms with E-state index in [4.69, 9.17) is 22.1 Å². The van der Waals surface area contributed by atoms with Gasteiger partial charge < -0.3 is 21.1 Å². The molecule has 2 amide bonds. The van der Waals surface area contributed by atoms with Crippen LogP contribution in [0.1, 0.15) is 10.5 Å². The zero-order valence-corrected chi connectivity index (χ0v) is 15.9. The second-order valence-electron chi connectivity index (χ2n) is 5.84. The number of halogens is 2. The van der Waals surface area contributed by atoms with Crippen LogP contribution < -0.4 is 21.1 Å². The Hall–Kier alpha value is -3.66. The van der Waals surface area contributed by atoms with Crippen LogP contribution in [0.3, 0.4) is 0 Å². The molecule has 0 bridgehead atoms. The highest BCUT2D eigenvalue weighted by Crippen LogP contribution is 2.28. The standard InChI is InChI=1S/C18H16ClFN6O3/c1-29-14-6-5-10(19)7-13(14)23-18(28)16-17(21)26(25-24-16)9-15(27)22-12-4-2-3-11(20)8-12/h2-8H,9,21H2,1H3,(H,22,27)(H,23,28). The monoisotopic (exact) mass is 418 g/mol. The van der Waals surface area contributed by atoms with Gasteiger partial charge in [-0.1, -0.05) is 22.9 Å². The number of hydrogen-bond donors (Lipinski definition) is 3. The maximum absolute atomic E-state index is 13.2. The van der Waals surface area contributed by atoms with Crippen molar-refractivity contribution in [3.05, 3.63) is 59.0 Å². The lowest BCUT2D eigenvalue weighted by atomic mass is 10.2. The molecule has 0 unspecified atom stereocenters. The van der Waals surface area contributed by atoms with Gasteiger partial charge in [0.1, 0.15) is 18.1 Å². The van der Waals surface area contributed by atoms with Crippen LogP contribution in [-0.4, -0.2) is 33.9 Å². The van der Waals surface area contributed by atoms with Crippen molar-refractivity contribution in [3.8, 4) is 5.75 Å². The number of ether oxygens (including phenoxy) is 1. The molecule has 0 saturated heterocycles. The summed E-state index contributed by atoms with van der Waals surface area (Å²) in [5.41, 5.74) is 6.33. The van der Waals surface area contributed by atoms with E-state index in [9.17, 15) is 14.0 Å². The number of hydrogen-bond acceptors (Lipinski definition) is 6. The second-order valence-corrected chi connectivity index (χ2v) is 6.27. The molecule has 9 nitrogen and oxygen atoms in total. The SMILES string of the molecule is COc1ccc(Cl)cc1NC(=O)c1nnn(CC(=O)Nc2cccc(F)c2)c1N. The fourth-order valence-corrected chi connectivity index (χ4v) is 2.63. The third-order valence-electron chi connectivity index (χ3n) is 3.80. The summed E-state index contributed by atoms with van der Waals surface area (Å²) in [6.45, 7) is -0.316. The quantitative estimate of drug-likeness (QED) is 0.565. The van der Waals surface area contributed by atoms with Gasteiger partial charge in [-0.3, -0.25) is 9.59 Å². The zero-order chi connectivity index (χ0) is 21.0. The summed E-state index contributed by atoms with van der Waals surface area (Å²) in [5.74, 6) is -1.38. The lowest BCUT2D eigenvalue weighted by Gasteiger charge is -2.10. The maximum atomic E-state index is 13.2. The molecule has 29 heavy (non-hydrogen) atoms. The van der Waals surface area contributed by atoms with Crippen molar-refractivity contribution >= 4 is 40.6 Å². The molecular weight excluding hydrogens is 403 g/mol. The number of benzene rings is 2. The largest absolute Gasteiger partial charge is 0.495 e. The summed E-state index contributed by atoms with van der Waals surface area (Å²) in [7, 11) is 1.45. The average Bonchev–Trinajstić information content (AvgIpc) is 3.02. The van der Waals surface area contributed by atoms with E-state index in [1.165, 1.54) is 37.4 Å². The number of nitrogens with zero attached hydrogens (tertiary/aromatic N) is 3. The number of aromatic nitrogens is 3. The molecule has 11 heteroatoms. The van der Waals surface area contributed by atoms with Gasteiger partial charge in [0.2, 0.25) is 5.91 Å². The van der Waals surface area contributed by atoms with Crippen molar-refractivity contribution in [2.24, 2.45) is 0 Å². The van der Waals surface area contributed by atoms with Gasteiger partial charge in [-0.15, -0.1) is 5.10 Å². The molecule has 1 aromatic heterocycles. The number of nitrogens with one attached hydrogen (secondary N) is 2. The molecule has 3 rings (SSSR count). The number of nitrogens with two attached hydrogens (primary N) is 1. The van der Waals surface area contributed by atoms with E-state index in [0.717, 1.165) is 4.68 Å². The molecule has 0 atom stereocenters. The van der Waals surface area contributed by atoms with Crippen molar-refractivity contribution in [2.75, 3.05) is 23.5 Å². The third kappa shape index (κ3) is 4.79. The van der Waals surface area contributed by atoms with Crippen molar-refractivity contribution in [1.29, 1.82) is 0 Å². The Kier molecular flexibility index (Phi) is 5.93. The molecule has 0 saturated carbocycles. The Bertz CT molecular complexity index is 1070. The van der Waals surface area contributed by atoms with Crippen LogP contribution in [0.15, 0.2) is 42.5 Å². The molecule has 150 valence electrons. The van der Waals surface area contributed by atoms with E-state index in [2.05, 4.69) is 20.9 Å². The number of carbonyl (C=O) groups excluding carboxylic acids is 2.